The third-order valence-electron chi connectivity index (χ3n) is 3.23. The Labute approximate surface area is 134 Å². The number of rotatable bonds is 3. The standard InChI is InChI=1S/C16H12N2O4S/c1-8-6-10(13(17)19)15(23-8)18-14(20)11-7-9-4-2-3-5-12(9)22-16(11)21/h2-7H,1H3,(H2,17,19)(H,18,20). The van der Waals surface area contributed by atoms with Crippen molar-refractivity contribution in [3.63, 3.8) is 0 Å². The van der Waals surface area contributed by atoms with E-state index in [0.29, 0.717) is 16.0 Å². The highest BCUT2D eigenvalue weighted by Gasteiger charge is 2.18. The van der Waals surface area contributed by atoms with Gasteiger partial charge in [-0.05, 0) is 25.1 Å². The van der Waals surface area contributed by atoms with Gasteiger partial charge in [-0.1, -0.05) is 18.2 Å². The van der Waals surface area contributed by atoms with Crippen LogP contribution >= 0.6 is 11.3 Å². The van der Waals surface area contributed by atoms with Crippen LogP contribution in [-0.4, -0.2) is 11.8 Å². The van der Waals surface area contributed by atoms with E-state index in [1.165, 1.54) is 17.4 Å². The Balaban J connectivity index is 2.00. The second kappa shape index (κ2) is 5.69. The van der Waals surface area contributed by atoms with Crippen LogP contribution in [0.2, 0.25) is 0 Å². The van der Waals surface area contributed by atoms with E-state index in [-0.39, 0.29) is 11.1 Å². The fourth-order valence-electron chi connectivity index (χ4n) is 2.18. The van der Waals surface area contributed by atoms with Crippen molar-refractivity contribution in [1.29, 1.82) is 0 Å². The number of hydrogen-bond acceptors (Lipinski definition) is 5. The zero-order chi connectivity index (χ0) is 16.6. The molecule has 0 saturated heterocycles. The van der Waals surface area contributed by atoms with Crippen molar-refractivity contribution in [2.24, 2.45) is 5.73 Å². The quantitative estimate of drug-likeness (QED) is 0.721. The third-order valence-corrected chi connectivity index (χ3v) is 4.20. The van der Waals surface area contributed by atoms with Gasteiger partial charge in [0.05, 0.1) is 5.56 Å². The smallest absolute Gasteiger partial charge is 0.349 e. The fourth-order valence-corrected chi connectivity index (χ4v) is 3.09. The number of anilines is 1. The minimum atomic E-state index is -0.741. The van der Waals surface area contributed by atoms with Crippen LogP contribution in [0, 0.1) is 6.92 Å². The zero-order valence-corrected chi connectivity index (χ0v) is 12.9. The largest absolute Gasteiger partial charge is 0.422 e. The van der Waals surface area contributed by atoms with Crippen molar-refractivity contribution in [2.75, 3.05) is 5.32 Å². The van der Waals surface area contributed by atoms with Crippen LogP contribution in [0.5, 0.6) is 0 Å². The Hall–Kier alpha value is -2.93. The lowest BCUT2D eigenvalue weighted by molar-refractivity contribution is 0.100. The van der Waals surface area contributed by atoms with Gasteiger partial charge in [0.2, 0.25) is 0 Å². The van der Waals surface area contributed by atoms with E-state index in [4.69, 9.17) is 10.2 Å². The van der Waals surface area contributed by atoms with Gasteiger partial charge in [0.15, 0.2) is 0 Å². The molecule has 0 atom stereocenters. The van der Waals surface area contributed by atoms with Gasteiger partial charge in [-0.15, -0.1) is 11.3 Å². The molecule has 23 heavy (non-hydrogen) atoms. The summed E-state index contributed by atoms with van der Waals surface area (Å²) >= 11 is 1.21. The Morgan fingerprint density at radius 2 is 1.91 bits per heavy atom. The van der Waals surface area contributed by atoms with Crippen LogP contribution in [-0.2, 0) is 0 Å². The van der Waals surface area contributed by atoms with Crippen molar-refractivity contribution in [1.82, 2.24) is 0 Å². The van der Waals surface area contributed by atoms with Crippen LogP contribution in [0.3, 0.4) is 0 Å². The normalized spacial score (nSPS) is 10.7. The van der Waals surface area contributed by atoms with Crippen LogP contribution in [0.1, 0.15) is 25.6 Å². The molecule has 0 bridgehead atoms. The first kappa shape index (κ1) is 15.0. The summed E-state index contributed by atoms with van der Waals surface area (Å²) in [4.78, 5) is 36.5. The Morgan fingerprint density at radius 3 is 2.65 bits per heavy atom. The molecule has 0 fully saturated rings. The van der Waals surface area contributed by atoms with Crippen LogP contribution in [0.15, 0.2) is 45.6 Å². The molecule has 0 saturated carbocycles. The van der Waals surface area contributed by atoms with Gasteiger partial charge in [-0.25, -0.2) is 4.79 Å². The summed E-state index contributed by atoms with van der Waals surface area (Å²) in [5, 5.41) is 3.50. The molecule has 3 N–H and O–H groups in total. The molecule has 0 aliphatic rings. The molecule has 0 spiro atoms. The van der Waals surface area contributed by atoms with E-state index in [2.05, 4.69) is 5.32 Å². The maximum Gasteiger partial charge on any atom is 0.349 e. The molecule has 0 radical (unpaired) electrons. The highest BCUT2D eigenvalue weighted by atomic mass is 32.1. The summed E-state index contributed by atoms with van der Waals surface area (Å²) in [6.45, 7) is 1.79. The number of hydrogen-bond donors (Lipinski definition) is 2. The van der Waals surface area contributed by atoms with Gasteiger partial charge in [0.25, 0.3) is 11.8 Å². The van der Waals surface area contributed by atoms with Crippen LogP contribution < -0.4 is 16.7 Å². The van der Waals surface area contributed by atoms with Gasteiger partial charge in [0.1, 0.15) is 16.1 Å². The predicted octanol–water partition coefficient (Wildman–Crippen LogP) is 2.51. The van der Waals surface area contributed by atoms with Crippen molar-refractivity contribution < 1.29 is 14.0 Å². The highest BCUT2D eigenvalue weighted by Crippen LogP contribution is 2.27. The summed E-state index contributed by atoms with van der Waals surface area (Å²) in [5.74, 6) is -1.29. The van der Waals surface area contributed by atoms with Crippen LogP contribution in [0.25, 0.3) is 11.0 Å². The topological polar surface area (TPSA) is 102 Å². The van der Waals surface area contributed by atoms with Gasteiger partial charge in [-0.3, -0.25) is 9.59 Å². The number of benzene rings is 1. The van der Waals surface area contributed by atoms with Crippen molar-refractivity contribution in [3.8, 4) is 0 Å². The second-order valence-corrected chi connectivity index (χ2v) is 6.16. The molecule has 1 aromatic carbocycles. The zero-order valence-electron chi connectivity index (χ0n) is 12.1. The second-order valence-electron chi connectivity index (χ2n) is 4.90. The van der Waals surface area contributed by atoms with Gasteiger partial charge >= 0.3 is 5.63 Å². The molecule has 116 valence electrons. The lowest BCUT2D eigenvalue weighted by Crippen LogP contribution is -2.22. The first-order valence-electron chi connectivity index (χ1n) is 6.70. The third kappa shape index (κ3) is 2.86. The molecule has 3 rings (SSSR count). The molecule has 3 aromatic rings. The number of amides is 2. The van der Waals surface area contributed by atoms with E-state index >= 15 is 0 Å². The van der Waals surface area contributed by atoms with E-state index in [0.717, 1.165) is 4.88 Å². The predicted molar refractivity (Wildman–Crippen MR) is 88.0 cm³/mol. The molecule has 0 unspecified atom stereocenters. The number of para-hydroxylation sites is 1. The van der Waals surface area contributed by atoms with Gasteiger partial charge < -0.3 is 15.5 Å². The molecule has 6 nitrogen and oxygen atoms in total. The number of primary amides is 1. The summed E-state index contributed by atoms with van der Waals surface area (Å²) in [6.07, 6.45) is 0. The number of fused-ring (bicyclic) bond motifs is 1. The van der Waals surface area contributed by atoms with Gasteiger partial charge in [0, 0.05) is 10.3 Å². The summed E-state index contributed by atoms with van der Waals surface area (Å²) in [6, 6.07) is 9.94. The maximum absolute atomic E-state index is 12.3. The summed E-state index contributed by atoms with van der Waals surface area (Å²) < 4.78 is 5.13. The minimum absolute atomic E-state index is 0.134. The van der Waals surface area contributed by atoms with Crippen molar-refractivity contribution >= 4 is 39.1 Å². The molecule has 7 heteroatoms. The SMILES string of the molecule is Cc1cc(C(N)=O)c(NC(=O)c2cc3ccccc3oc2=O)s1. The Morgan fingerprint density at radius 1 is 1.17 bits per heavy atom. The number of nitrogens with one attached hydrogen (secondary N) is 1. The molecular formula is C16H12N2O4S. The average molecular weight is 328 g/mol. The van der Waals surface area contributed by atoms with Gasteiger partial charge in [-0.2, -0.15) is 0 Å². The highest BCUT2D eigenvalue weighted by molar-refractivity contribution is 7.16. The number of nitrogens with two attached hydrogens (primary N) is 1. The number of carbonyl (C=O) groups is 2. The average Bonchev–Trinajstić information content (AvgIpc) is 2.87. The fraction of sp³-hybridized carbons (Fsp3) is 0.0625. The number of aryl methyl sites for hydroxylation is 1. The number of carbonyl (C=O) groups excluding carboxylic acids is 2. The van der Waals surface area contributed by atoms with E-state index in [1.807, 2.05) is 0 Å². The summed E-state index contributed by atoms with van der Waals surface area (Å²) in [7, 11) is 0. The molecule has 2 heterocycles. The molecular weight excluding hydrogens is 316 g/mol. The van der Waals surface area contributed by atoms with E-state index in [1.54, 1.807) is 37.3 Å². The molecule has 0 aliphatic heterocycles. The van der Waals surface area contributed by atoms with E-state index < -0.39 is 17.4 Å². The number of thiophene rings is 1. The maximum atomic E-state index is 12.3. The molecule has 2 aromatic heterocycles. The van der Waals surface area contributed by atoms with E-state index in [9.17, 15) is 14.4 Å². The van der Waals surface area contributed by atoms with Crippen molar-refractivity contribution in [3.05, 3.63) is 62.8 Å². The monoisotopic (exact) mass is 328 g/mol. The first-order valence-corrected chi connectivity index (χ1v) is 7.52. The molecule has 2 amide bonds. The minimum Gasteiger partial charge on any atom is -0.422 e. The lowest BCUT2D eigenvalue weighted by Gasteiger charge is -2.04. The Bertz CT molecular complexity index is 987. The molecule has 0 aliphatic carbocycles. The first-order chi connectivity index (χ1) is 11.0. The Kier molecular flexibility index (Phi) is 3.71. The van der Waals surface area contributed by atoms with Crippen molar-refractivity contribution in [2.45, 2.75) is 6.92 Å². The summed E-state index contributed by atoms with van der Waals surface area (Å²) in [5.41, 5.74) is 5.02. The lowest BCUT2D eigenvalue weighted by atomic mass is 10.2. The van der Waals surface area contributed by atoms with Crippen LogP contribution in [0.4, 0.5) is 5.00 Å².